The number of nitriles is 1. The van der Waals surface area contributed by atoms with Gasteiger partial charge in [-0.25, -0.2) is 0 Å². The Morgan fingerprint density at radius 3 is 2.56 bits per heavy atom. The van der Waals surface area contributed by atoms with E-state index in [-0.39, 0.29) is 12.0 Å². The molecule has 1 aromatic rings. The van der Waals surface area contributed by atoms with Gasteiger partial charge in [0.25, 0.3) is 0 Å². The fourth-order valence-corrected chi connectivity index (χ4v) is 1.72. The van der Waals surface area contributed by atoms with E-state index in [2.05, 4.69) is 6.07 Å². The highest BCUT2D eigenvalue weighted by atomic mass is 16.5. The first kappa shape index (κ1) is 14.2. The molecule has 1 unspecified atom stereocenters. The van der Waals surface area contributed by atoms with Crippen LogP contribution < -0.4 is 15.4 Å². The Balaban J connectivity index is 2.88. The Morgan fingerprint density at radius 1 is 1.33 bits per heavy atom. The van der Waals surface area contributed by atoms with Crippen molar-refractivity contribution in [1.29, 1.82) is 5.26 Å². The van der Waals surface area contributed by atoms with Gasteiger partial charge in [0.2, 0.25) is 0 Å². The molecule has 0 fully saturated rings. The molecule has 1 aromatic carbocycles. The smallest absolute Gasteiger partial charge is 0.123 e. The van der Waals surface area contributed by atoms with Crippen LogP contribution in [0.3, 0.4) is 0 Å². The molecule has 0 radical (unpaired) electrons. The van der Waals surface area contributed by atoms with E-state index in [1.807, 2.05) is 50.9 Å². The third-order valence-electron chi connectivity index (χ3n) is 2.49. The van der Waals surface area contributed by atoms with Gasteiger partial charge in [0, 0.05) is 37.1 Å². The van der Waals surface area contributed by atoms with E-state index in [4.69, 9.17) is 15.7 Å². The second kappa shape index (κ2) is 6.15. The van der Waals surface area contributed by atoms with Crippen LogP contribution in [0.15, 0.2) is 18.2 Å². The molecule has 1 rings (SSSR count). The minimum atomic E-state index is -0.0223. The van der Waals surface area contributed by atoms with Gasteiger partial charge >= 0.3 is 0 Å². The number of ether oxygens (including phenoxy) is 1. The van der Waals surface area contributed by atoms with Crippen molar-refractivity contribution in [2.45, 2.75) is 26.9 Å². The fraction of sp³-hybridized carbons (Fsp3) is 0.500. The summed E-state index contributed by atoms with van der Waals surface area (Å²) in [6, 6.07) is 7.86. The minimum Gasteiger partial charge on any atom is -0.491 e. The van der Waals surface area contributed by atoms with E-state index >= 15 is 0 Å². The summed E-state index contributed by atoms with van der Waals surface area (Å²) in [5.41, 5.74) is 7.50. The maximum absolute atomic E-state index is 8.83. The highest BCUT2D eigenvalue weighted by molar-refractivity contribution is 5.60. The molecule has 98 valence electrons. The maximum atomic E-state index is 8.83. The quantitative estimate of drug-likeness (QED) is 0.812. The summed E-state index contributed by atoms with van der Waals surface area (Å²) in [7, 11) is 1.95. The van der Waals surface area contributed by atoms with Gasteiger partial charge in [-0.15, -0.1) is 0 Å². The van der Waals surface area contributed by atoms with Crippen LogP contribution in [0.25, 0.3) is 0 Å². The number of nitrogens with two attached hydrogens (primary N) is 1. The summed E-state index contributed by atoms with van der Waals surface area (Å²) >= 11 is 0. The lowest BCUT2D eigenvalue weighted by Gasteiger charge is -2.22. The average molecular weight is 247 g/mol. The predicted molar refractivity (Wildman–Crippen MR) is 74.7 cm³/mol. The van der Waals surface area contributed by atoms with Crippen LogP contribution in [-0.4, -0.2) is 19.7 Å². The fourth-order valence-electron chi connectivity index (χ4n) is 1.72. The van der Waals surface area contributed by atoms with Gasteiger partial charge in [0.05, 0.1) is 18.1 Å². The number of rotatable bonds is 5. The van der Waals surface area contributed by atoms with Gasteiger partial charge in [0.15, 0.2) is 0 Å². The number of nitrogens with zero attached hydrogens (tertiary/aromatic N) is 2. The Hall–Kier alpha value is -1.89. The van der Waals surface area contributed by atoms with Crippen molar-refractivity contribution >= 4 is 11.4 Å². The Labute approximate surface area is 109 Å². The molecule has 0 heterocycles. The molecule has 0 aliphatic heterocycles. The van der Waals surface area contributed by atoms with Crippen molar-refractivity contribution in [2.24, 2.45) is 5.92 Å². The molecule has 0 aliphatic carbocycles. The molecule has 0 bridgehead atoms. The highest BCUT2D eigenvalue weighted by Gasteiger charge is 2.09. The first-order valence-corrected chi connectivity index (χ1v) is 6.10. The Kier molecular flexibility index (Phi) is 4.85. The topological polar surface area (TPSA) is 62.3 Å². The largest absolute Gasteiger partial charge is 0.491 e. The number of hydrogen-bond donors (Lipinski definition) is 1. The molecule has 0 saturated carbocycles. The summed E-state index contributed by atoms with van der Waals surface area (Å²) in [5, 5.41) is 8.83. The normalized spacial score (nSPS) is 12.0. The van der Waals surface area contributed by atoms with Crippen molar-refractivity contribution in [2.75, 3.05) is 24.2 Å². The molecule has 0 spiro atoms. The van der Waals surface area contributed by atoms with E-state index in [1.54, 1.807) is 0 Å². The molecular formula is C14H21N3O. The third kappa shape index (κ3) is 4.17. The van der Waals surface area contributed by atoms with Crippen molar-refractivity contribution in [3.05, 3.63) is 18.2 Å². The van der Waals surface area contributed by atoms with Crippen LogP contribution in [0.4, 0.5) is 11.4 Å². The van der Waals surface area contributed by atoms with Crippen LogP contribution >= 0.6 is 0 Å². The van der Waals surface area contributed by atoms with Crippen LogP contribution in [-0.2, 0) is 0 Å². The summed E-state index contributed by atoms with van der Waals surface area (Å²) in [5.74, 6) is 0.738. The zero-order valence-electron chi connectivity index (χ0n) is 11.5. The second-order valence-electron chi connectivity index (χ2n) is 4.84. The summed E-state index contributed by atoms with van der Waals surface area (Å²) in [6.07, 6.45) is 0.114. The lowest BCUT2D eigenvalue weighted by molar-refractivity contribution is 0.242. The third-order valence-corrected chi connectivity index (χ3v) is 2.49. The van der Waals surface area contributed by atoms with Crippen LogP contribution in [0.2, 0.25) is 0 Å². The van der Waals surface area contributed by atoms with Crippen LogP contribution in [0, 0.1) is 17.2 Å². The van der Waals surface area contributed by atoms with Gasteiger partial charge in [-0.2, -0.15) is 5.26 Å². The van der Waals surface area contributed by atoms with Gasteiger partial charge in [-0.05, 0) is 26.8 Å². The Bertz CT molecular complexity index is 437. The molecule has 0 aliphatic rings. The van der Waals surface area contributed by atoms with Crippen molar-refractivity contribution in [1.82, 2.24) is 0 Å². The standard InChI is InChI=1S/C14H21N3O/c1-10(2)18-14-6-12(16)5-13(7-14)17(4)9-11(3)8-15/h5-7,10-11H,9,16H2,1-4H3. The summed E-state index contributed by atoms with van der Waals surface area (Å²) in [6.45, 7) is 6.52. The molecule has 0 saturated heterocycles. The van der Waals surface area contributed by atoms with E-state index in [9.17, 15) is 0 Å². The van der Waals surface area contributed by atoms with Gasteiger partial charge in [0.1, 0.15) is 5.75 Å². The highest BCUT2D eigenvalue weighted by Crippen LogP contribution is 2.26. The van der Waals surface area contributed by atoms with Gasteiger partial charge < -0.3 is 15.4 Å². The second-order valence-corrected chi connectivity index (χ2v) is 4.84. The Morgan fingerprint density at radius 2 is 2.00 bits per heavy atom. The molecule has 2 N–H and O–H groups in total. The molecule has 1 atom stereocenters. The summed E-state index contributed by atoms with van der Waals surface area (Å²) in [4.78, 5) is 2.01. The number of anilines is 2. The maximum Gasteiger partial charge on any atom is 0.123 e. The van der Waals surface area contributed by atoms with Gasteiger partial charge in [-0.3, -0.25) is 0 Å². The van der Waals surface area contributed by atoms with E-state index < -0.39 is 0 Å². The zero-order chi connectivity index (χ0) is 13.7. The predicted octanol–water partition coefficient (Wildman–Crippen LogP) is 2.65. The van der Waals surface area contributed by atoms with Crippen molar-refractivity contribution in [3.63, 3.8) is 0 Å². The zero-order valence-corrected chi connectivity index (χ0v) is 11.5. The van der Waals surface area contributed by atoms with Crippen molar-refractivity contribution in [3.8, 4) is 11.8 Å². The van der Waals surface area contributed by atoms with Crippen molar-refractivity contribution < 1.29 is 4.74 Å². The monoisotopic (exact) mass is 247 g/mol. The minimum absolute atomic E-state index is 0.0223. The first-order chi connectivity index (χ1) is 8.42. The molecular weight excluding hydrogens is 226 g/mol. The lowest BCUT2D eigenvalue weighted by Crippen LogP contribution is -2.23. The first-order valence-electron chi connectivity index (χ1n) is 6.10. The van der Waals surface area contributed by atoms with Crippen LogP contribution in [0.5, 0.6) is 5.75 Å². The lowest BCUT2D eigenvalue weighted by atomic mass is 10.2. The average Bonchev–Trinajstić information content (AvgIpc) is 2.26. The summed E-state index contributed by atoms with van der Waals surface area (Å²) < 4.78 is 5.65. The van der Waals surface area contributed by atoms with E-state index in [1.165, 1.54) is 0 Å². The van der Waals surface area contributed by atoms with Gasteiger partial charge in [-0.1, -0.05) is 0 Å². The number of nitrogen functional groups attached to an aromatic ring is 1. The van der Waals surface area contributed by atoms with E-state index in [0.29, 0.717) is 12.2 Å². The van der Waals surface area contributed by atoms with Crippen LogP contribution in [0.1, 0.15) is 20.8 Å². The van der Waals surface area contributed by atoms with E-state index in [0.717, 1.165) is 11.4 Å². The SMILES string of the molecule is CC(C#N)CN(C)c1cc(N)cc(OC(C)C)c1. The molecule has 0 aromatic heterocycles. The molecule has 4 nitrogen and oxygen atoms in total. The number of benzene rings is 1. The molecule has 4 heteroatoms. The molecule has 18 heavy (non-hydrogen) atoms. The number of hydrogen-bond acceptors (Lipinski definition) is 4. The molecule has 0 amide bonds.